The molecule has 0 radical (unpaired) electrons. The van der Waals surface area contributed by atoms with Crippen LogP contribution < -0.4 is 5.11 Å². The van der Waals surface area contributed by atoms with Gasteiger partial charge in [0.25, 0.3) is 0 Å². The Labute approximate surface area is 171 Å². The minimum atomic E-state index is -1.30. The van der Waals surface area contributed by atoms with Crippen LogP contribution in [-0.2, 0) is 14.3 Å². The predicted molar refractivity (Wildman–Crippen MR) is 103 cm³/mol. The monoisotopic (exact) mass is 489 g/mol. The van der Waals surface area contributed by atoms with Crippen LogP contribution in [0.1, 0.15) is 15.9 Å². The van der Waals surface area contributed by atoms with Crippen LogP contribution >= 0.6 is 31.9 Å². The van der Waals surface area contributed by atoms with E-state index in [-0.39, 0.29) is 27.5 Å². The molecule has 5 nitrogen and oxygen atoms in total. The lowest BCUT2D eigenvalue weighted by molar-refractivity contribution is -0.255. The summed E-state index contributed by atoms with van der Waals surface area (Å²) in [7, 11) is 0. The van der Waals surface area contributed by atoms with E-state index in [1.54, 1.807) is 30.4 Å². The highest BCUT2D eigenvalue weighted by Gasteiger charge is 2.44. The molecule has 0 saturated carbocycles. The van der Waals surface area contributed by atoms with E-state index in [4.69, 9.17) is 4.74 Å². The van der Waals surface area contributed by atoms with Gasteiger partial charge in [0.15, 0.2) is 11.6 Å². The summed E-state index contributed by atoms with van der Waals surface area (Å²) >= 11 is 6.64. The minimum absolute atomic E-state index is 0.0397. The number of carbonyl (C=O) groups excluding carboxylic acids is 3. The molecule has 1 unspecified atom stereocenters. The summed E-state index contributed by atoms with van der Waals surface area (Å²) in [6.07, 6.45) is 5.59. The third kappa shape index (κ3) is 2.85. The van der Waals surface area contributed by atoms with Crippen molar-refractivity contribution in [2.24, 2.45) is 5.92 Å². The van der Waals surface area contributed by atoms with Gasteiger partial charge in [0, 0.05) is 17.1 Å². The minimum Gasteiger partial charge on any atom is -0.545 e. The van der Waals surface area contributed by atoms with E-state index >= 15 is 0 Å². The summed E-state index contributed by atoms with van der Waals surface area (Å²) in [5.74, 6) is -1.78. The van der Waals surface area contributed by atoms with E-state index in [1.807, 2.05) is 0 Å². The largest absolute Gasteiger partial charge is 0.545 e. The first kappa shape index (κ1) is 18.1. The first-order chi connectivity index (χ1) is 12.9. The summed E-state index contributed by atoms with van der Waals surface area (Å²) in [6, 6.07) is 6.53. The fourth-order valence-corrected chi connectivity index (χ4v) is 4.57. The van der Waals surface area contributed by atoms with Crippen molar-refractivity contribution in [3.05, 3.63) is 75.5 Å². The van der Waals surface area contributed by atoms with Crippen LogP contribution in [0.2, 0.25) is 0 Å². The van der Waals surface area contributed by atoms with Gasteiger partial charge in [-0.15, -0.1) is 0 Å². The molecule has 0 saturated heterocycles. The molecule has 1 heterocycles. The van der Waals surface area contributed by atoms with E-state index in [9.17, 15) is 19.5 Å². The maximum Gasteiger partial charge on any atom is 0.196 e. The summed E-state index contributed by atoms with van der Waals surface area (Å²) in [4.78, 5) is 35.3. The van der Waals surface area contributed by atoms with Crippen LogP contribution in [0.4, 0.5) is 0 Å². The number of hydrogen-bond donors (Lipinski definition) is 0. The van der Waals surface area contributed by atoms with Gasteiger partial charge >= 0.3 is 0 Å². The van der Waals surface area contributed by atoms with Gasteiger partial charge in [-0.05, 0) is 45.3 Å². The van der Waals surface area contributed by atoms with Gasteiger partial charge in [-0.1, -0.05) is 46.3 Å². The lowest BCUT2D eigenvalue weighted by Gasteiger charge is -2.40. The molecule has 0 bridgehead atoms. The highest BCUT2D eigenvalue weighted by molar-refractivity contribution is 9.12. The molecular weight excluding hydrogens is 480 g/mol. The smallest absolute Gasteiger partial charge is 0.196 e. The molecule has 1 aliphatic heterocycles. The molecule has 0 N–H and O–H groups in total. The molecule has 0 fully saturated rings. The summed E-state index contributed by atoms with van der Waals surface area (Å²) < 4.78 is 6.27. The highest BCUT2D eigenvalue weighted by Crippen LogP contribution is 2.47. The van der Waals surface area contributed by atoms with E-state index in [2.05, 4.69) is 31.9 Å². The maximum absolute atomic E-state index is 12.1. The van der Waals surface area contributed by atoms with Crippen molar-refractivity contribution < 1.29 is 24.2 Å². The Bertz CT molecular complexity index is 1010. The number of halogens is 2. The van der Waals surface area contributed by atoms with E-state index in [1.165, 1.54) is 18.2 Å². The number of fused-ring (bicyclic) bond motifs is 2. The van der Waals surface area contributed by atoms with Crippen molar-refractivity contribution in [3.8, 4) is 0 Å². The van der Waals surface area contributed by atoms with Gasteiger partial charge in [0.2, 0.25) is 0 Å². The van der Waals surface area contributed by atoms with E-state index < -0.39 is 16.9 Å². The lowest BCUT2D eigenvalue weighted by atomic mass is 9.76. The number of ketones is 2. The molecule has 0 amide bonds. The Balaban J connectivity index is 2.04. The normalized spacial score (nSPS) is 26.7. The summed E-state index contributed by atoms with van der Waals surface area (Å²) in [5.41, 5.74) is 1.80. The maximum atomic E-state index is 12.1. The molecule has 4 rings (SSSR count). The number of hydrogen-bond acceptors (Lipinski definition) is 5. The molecule has 2 aliphatic carbocycles. The van der Waals surface area contributed by atoms with Crippen molar-refractivity contribution >= 4 is 55.0 Å². The highest BCUT2D eigenvalue weighted by atomic mass is 79.9. The second kappa shape index (κ2) is 6.73. The van der Waals surface area contributed by atoms with Crippen molar-refractivity contribution in [2.45, 2.75) is 10.9 Å². The summed E-state index contributed by atoms with van der Waals surface area (Å²) in [5, 5.41) is 11.7. The van der Waals surface area contributed by atoms with Crippen molar-refractivity contribution in [2.75, 3.05) is 0 Å². The van der Waals surface area contributed by atoms with Crippen LogP contribution in [0.5, 0.6) is 0 Å². The first-order valence-corrected chi connectivity index (χ1v) is 9.81. The van der Waals surface area contributed by atoms with E-state index in [0.717, 1.165) is 0 Å². The van der Waals surface area contributed by atoms with Crippen molar-refractivity contribution in [1.82, 2.24) is 0 Å². The standard InChI is InChI=1S/C20H12Br2O5/c21-16-13(23)7-5-11-15(9-3-1-2-4-10(9)20(25)26)12-6-8-14(24)17(22)19(12)27-18(11)16/h1-8,11,16,18H,(H,25,26)/p-1/t11-,16?,18-/m1/s1. The number of aromatic carboxylic acids is 1. The number of allylic oxidation sites excluding steroid dienone is 4. The Morgan fingerprint density at radius 3 is 2.59 bits per heavy atom. The Morgan fingerprint density at radius 1 is 1.11 bits per heavy atom. The number of benzene rings is 1. The van der Waals surface area contributed by atoms with Gasteiger partial charge in [-0.2, -0.15) is 0 Å². The Hall–Kier alpha value is -2.25. The third-order valence-electron chi connectivity index (χ3n) is 4.76. The summed E-state index contributed by atoms with van der Waals surface area (Å²) in [6.45, 7) is 0. The fraction of sp³-hybridized carbons (Fsp3) is 0.150. The van der Waals surface area contributed by atoms with Gasteiger partial charge in [0.05, 0.1) is 5.97 Å². The van der Waals surface area contributed by atoms with Crippen LogP contribution in [0, 0.1) is 5.92 Å². The molecule has 1 aromatic carbocycles. The molecule has 1 aromatic rings. The van der Waals surface area contributed by atoms with Gasteiger partial charge in [-0.25, -0.2) is 0 Å². The Morgan fingerprint density at radius 2 is 1.85 bits per heavy atom. The average Bonchev–Trinajstić information content (AvgIpc) is 2.66. The number of carbonyl (C=O) groups is 3. The SMILES string of the molecule is O=C1C=CC2=C(c3ccccc3C(=O)[O-])[C@H]3C=CC(=O)C(Br)[C@@H]3OC2=C1Br. The number of carboxylic acid groups (broad SMARTS) is 1. The van der Waals surface area contributed by atoms with E-state index in [0.29, 0.717) is 22.5 Å². The molecule has 3 atom stereocenters. The first-order valence-electron chi connectivity index (χ1n) is 8.10. The molecule has 0 spiro atoms. The number of ether oxygens (including phenoxy) is 1. The molecule has 136 valence electrons. The second-order valence-corrected chi connectivity index (χ2v) is 8.05. The zero-order valence-corrected chi connectivity index (χ0v) is 16.8. The van der Waals surface area contributed by atoms with Gasteiger partial charge < -0.3 is 14.6 Å². The number of carboxylic acids is 1. The molecular formula is C20H11Br2O5-. The van der Waals surface area contributed by atoms with Crippen molar-refractivity contribution in [1.29, 1.82) is 0 Å². The number of alkyl halides is 1. The second-order valence-electron chi connectivity index (χ2n) is 6.27. The van der Waals surface area contributed by atoms with Gasteiger partial charge in [-0.3, -0.25) is 9.59 Å². The zero-order chi connectivity index (χ0) is 19.3. The molecule has 3 aliphatic rings. The van der Waals surface area contributed by atoms with Gasteiger partial charge in [0.1, 0.15) is 21.2 Å². The Kier molecular flexibility index (Phi) is 4.52. The topological polar surface area (TPSA) is 83.5 Å². The predicted octanol–water partition coefficient (Wildman–Crippen LogP) is 2.47. The van der Waals surface area contributed by atoms with Crippen LogP contribution in [-0.4, -0.2) is 28.5 Å². The average molecular weight is 491 g/mol. The third-order valence-corrected chi connectivity index (χ3v) is 6.48. The van der Waals surface area contributed by atoms with Crippen LogP contribution in [0.15, 0.2) is 64.4 Å². The van der Waals surface area contributed by atoms with Crippen molar-refractivity contribution in [3.63, 3.8) is 0 Å². The lowest BCUT2D eigenvalue weighted by Crippen LogP contribution is -2.43. The van der Waals surface area contributed by atoms with Crippen LogP contribution in [0.3, 0.4) is 0 Å². The fourth-order valence-electron chi connectivity index (χ4n) is 3.54. The molecule has 7 heteroatoms. The number of rotatable bonds is 2. The molecule has 0 aromatic heterocycles. The molecule has 27 heavy (non-hydrogen) atoms. The quantitative estimate of drug-likeness (QED) is 0.594. The zero-order valence-electron chi connectivity index (χ0n) is 13.6. The van der Waals surface area contributed by atoms with Crippen LogP contribution in [0.25, 0.3) is 5.57 Å².